The van der Waals surface area contributed by atoms with Crippen molar-refractivity contribution in [3.63, 3.8) is 0 Å². The van der Waals surface area contributed by atoms with Gasteiger partial charge in [0.15, 0.2) is 11.5 Å². The lowest BCUT2D eigenvalue weighted by atomic mass is 10.0. The lowest BCUT2D eigenvalue weighted by molar-refractivity contribution is 0.331. The zero-order valence-corrected chi connectivity index (χ0v) is 24.1. The van der Waals surface area contributed by atoms with Crippen LogP contribution in [0.25, 0.3) is 55.8 Å². The average Bonchev–Trinajstić information content (AvgIpc) is 3.75. The second kappa shape index (κ2) is 10.9. The van der Waals surface area contributed by atoms with Crippen LogP contribution in [-0.4, -0.2) is 67.8 Å². The molecule has 6 aromatic rings. The fourth-order valence-electron chi connectivity index (χ4n) is 5.55. The Hall–Kier alpha value is -4.59. The Morgan fingerprint density at radius 2 is 1.72 bits per heavy atom. The number of imidazole rings is 1. The van der Waals surface area contributed by atoms with E-state index < -0.39 is 15.8 Å². The van der Waals surface area contributed by atoms with Crippen LogP contribution in [0.2, 0.25) is 0 Å². The first-order valence-corrected chi connectivity index (χ1v) is 15.8. The summed E-state index contributed by atoms with van der Waals surface area (Å²) in [5.74, 6) is 0.0368. The van der Waals surface area contributed by atoms with Crippen LogP contribution >= 0.6 is 0 Å². The summed E-state index contributed by atoms with van der Waals surface area (Å²) in [4.78, 5) is 24.0. The van der Waals surface area contributed by atoms with Gasteiger partial charge < -0.3 is 4.98 Å². The van der Waals surface area contributed by atoms with E-state index in [1.54, 1.807) is 24.7 Å². The van der Waals surface area contributed by atoms with Crippen LogP contribution in [0.4, 0.5) is 4.39 Å². The number of pyridine rings is 3. The minimum absolute atomic E-state index is 0.0367. The van der Waals surface area contributed by atoms with E-state index in [1.165, 1.54) is 25.0 Å². The Kier molecular flexibility index (Phi) is 6.92. The van der Waals surface area contributed by atoms with Gasteiger partial charge in [-0.3, -0.25) is 20.0 Å². The molecule has 1 aliphatic heterocycles. The van der Waals surface area contributed by atoms with E-state index in [0.29, 0.717) is 44.9 Å². The molecule has 0 bridgehead atoms. The number of H-pyrrole nitrogens is 2. The maximum Gasteiger partial charge on any atom is 0.209 e. The molecule has 6 heterocycles. The van der Waals surface area contributed by atoms with Crippen LogP contribution in [0.5, 0.6) is 0 Å². The molecule has 7 rings (SSSR count). The molecule has 13 heteroatoms. The van der Waals surface area contributed by atoms with Gasteiger partial charge in [0.25, 0.3) is 0 Å². The SMILES string of the molecule is CS(=O)(=O)NCc1cc(F)cc(-c2cncc3[nH]c(-c4[nH]nc5ncc(-c6cncc(CN7CCCC7)c6)cc45)nc23)c1. The smallest absolute Gasteiger partial charge is 0.209 e. The molecule has 0 aliphatic carbocycles. The van der Waals surface area contributed by atoms with Gasteiger partial charge in [0, 0.05) is 54.6 Å². The Bertz CT molecular complexity index is 2080. The molecule has 1 fully saturated rings. The van der Waals surface area contributed by atoms with Crippen molar-refractivity contribution in [2.24, 2.45) is 0 Å². The maximum absolute atomic E-state index is 14.6. The van der Waals surface area contributed by atoms with E-state index in [-0.39, 0.29) is 6.54 Å². The van der Waals surface area contributed by atoms with Crippen molar-refractivity contribution in [2.75, 3.05) is 19.3 Å². The van der Waals surface area contributed by atoms with E-state index >= 15 is 0 Å². The van der Waals surface area contributed by atoms with Crippen molar-refractivity contribution < 1.29 is 12.8 Å². The molecule has 218 valence electrons. The Labute approximate surface area is 246 Å². The number of hydrogen-bond donors (Lipinski definition) is 3. The van der Waals surface area contributed by atoms with Gasteiger partial charge in [-0.2, -0.15) is 5.10 Å². The summed E-state index contributed by atoms with van der Waals surface area (Å²) in [6.07, 6.45) is 12.4. The van der Waals surface area contributed by atoms with Crippen LogP contribution in [0.3, 0.4) is 0 Å². The summed E-state index contributed by atoms with van der Waals surface area (Å²) in [5.41, 5.74) is 7.10. The third-order valence-electron chi connectivity index (χ3n) is 7.58. The predicted molar refractivity (Wildman–Crippen MR) is 162 cm³/mol. The molecule has 1 aliphatic rings. The molecule has 0 atom stereocenters. The molecule has 1 saturated heterocycles. The molecule has 0 amide bonds. The zero-order valence-electron chi connectivity index (χ0n) is 23.3. The summed E-state index contributed by atoms with van der Waals surface area (Å²) in [7, 11) is -3.44. The van der Waals surface area contributed by atoms with Crippen molar-refractivity contribution >= 4 is 32.1 Å². The molecule has 1 aromatic carbocycles. The summed E-state index contributed by atoms with van der Waals surface area (Å²) in [5, 5.41) is 8.24. The van der Waals surface area contributed by atoms with Crippen LogP contribution in [-0.2, 0) is 23.1 Å². The standard InChI is InChI=1S/C30H28FN9O2S/c1-43(41,42)35-12-18-6-20(9-23(31)8-18)25-15-33-16-26-27(25)37-30(36-26)28-24-10-22(14-34-29(24)39-38-28)21-7-19(11-32-13-21)17-40-4-2-3-5-40/h6-11,13-16,35H,2-5,12,17H2,1H3,(H,36,37)(H,34,38,39). The van der Waals surface area contributed by atoms with Gasteiger partial charge in [0.2, 0.25) is 10.0 Å². The summed E-state index contributed by atoms with van der Waals surface area (Å²) >= 11 is 0. The number of benzene rings is 1. The number of aromatic nitrogens is 7. The van der Waals surface area contributed by atoms with Gasteiger partial charge >= 0.3 is 0 Å². The quantitative estimate of drug-likeness (QED) is 0.234. The van der Waals surface area contributed by atoms with E-state index in [0.717, 1.165) is 48.0 Å². The van der Waals surface area contributed by atoms with E-state index in [1.807, 2.05) is 18.5 Å². The third-order valence-corrected chi connectivity index (χ3v) is 8.25. The normalized spacial score (nSPS) is 14.3. The number of rotatable bonds is 8. The molecule has 3 N–H and O–H groups in total. The molecule has 5 aromatic heterocycles. The second-order valence-corrected chi connectivity index (χ2v) is 12.7. The number of likely N-dealkylation sites (tertiary alicyclic amines) is 1. The number of hydrogen-bond acceptors (Lipinski definition) is 8. The summed E-state index contributed by atoms with van der Waals surface area (Å²) < 4.78 is 40.1. The van der Waals surface area contributed by atoms with Gasteiger partial charge in [-0.05, 0) is 73.0 Å². The number of halogens is 1. The number of fused-ring (bicyclic) bond motifs is 2. The lowest BCUT2D eigenvalue weighted by Crippen LogP contribution is -2.21. The van der Waals surface area contributed by atoms with Crippen molar-refractivity contribution in [1.29, 1.82) is 0 Å². The summed E-state index contributed by atoms with van der Waals surface area (Å²) in [6.45, 7) is 3.08. The van der Waals surface area contributed by atoms with Crippen molar-refractivity contribution in [1.82, 2.24) is 44.7 Å². The van der Waals surface area contributed by atoms with Gasteiger partial charge in [0.05, 0.1) is 28.9 Å². The Morgan fingerprint density at radius 3 is 2.56 bits per heavy atom. The summed E-state index contributed by atoms with van der Waals surface area (Å²) in [6, 6.07) is 8.58. The highest BCUT2D eigenvalue weighted by atomic mass is 32.2. The highest BCUT2D eigenvalue weighted by molar-refractivity contribution is 7.88. The van der Waals surface area contributed by atoms with Crippen molar-refractivity contribution in [3.8, 4) is 33.8 Å². The minimum Gasteiger partial charge on any atom is -0.335 e. The number of nitrogens with one attached hydrogen (secondary N) is 3. The molecule has 0 saturated carbocycles. The monoisotopic (exact) mass is 597 g/mol. The van der Waals surface area contributed by atoms with Crippen LogP contribution in [0.15, 0.2) is 61.3 Å². The number of aromatic amines is 2. The first-order chi connectivity index (χ1) is 20.8. The molecular formula is C30H28FN9O2S. The van der Waals surface area contributed by atoms with Gasteiger partial charge in [-0.1, -0.05) is 0 Å². The Balaban J connectivity index is 1.24. The highest BCUT2D eigenvalue weighted by Crippen LogP contribution is 2.33. The van der Waals surface area contributed by atoms with Crippen LogP contribution in [0.1, 0.15) is 24.0 Å². The van der Waals surface area contributed by atoms with Crippen LogP contribution in [0, 0.1) is 5.82 Å². The molecular weight excluding hydrogens is 569 g/mol. The fourth-order valence-corrected chi connectivity index (χ4v) is 5.98. The Morgan fingerprint density at radius 1 is 0.930 bits per heavy atom. The molecule has 0 spiro atoms. The number of sulfonamides is 1. The fraction of sp³-hybridized carbons (Fsp3) is 0.233. The molecule has 43 heavy (non-hydrogen) atoms. The second-order valence-electron chi connectivity index (χ2n) is 10.9. The topological polar surface area (TPSA) is 145 Å². The van der Waals surface area contributed by atoms with Gasteiger partial charge in [0.1, 0.15) is 11.5 Å². The third kappa shape index (κ3) is 5.74. The van der Waals surface area contributed by atoms with Crippen molar-refractivity contribution in [3.05, 3.63) is 78.3 Å². The first kappa shape index (κ1) is 27.3. The first-order valence-electron chi connectivity index (χ1n) is 13.9. The maximum atomic E-state index is 14.6. The number of nitrogens with zero attached hydrogens (tertiary/aromatic N) is 6. The van der Waals surface area contributed by atoms with Gasteiger partial charge in [-0.25, -0.2) is 27.5 Å². The van der Waals surface area contributed by atoms with Crippen molar-refractivity contribution in [2.45, 2.75) is 25.9 Å². The minimum atomic E-state index is -3.44. The van der Waals surface area contributed by atoms with Gasteiger partial charge in [-0.15, -0.1) is 0 Å². The van der Waals surface area contributed by atoms with E-state index in [9.17, 15) is 12.8 Å². The average molecular weight is 598 g/mol. The predicted octanol–water partition coefficient (Wildman–Crippen LogP) is 4.41. The lowest BCUT2D eigenvalue weighted by Gasteiger charge is -2.14. The van der Waals surface area contributed by atoms with E-state index in [4.69, 9.17) is 4.98 Å². The van der Waals surface area contributed by atoms with E-state index in [2.05, 4.69) is 45.8 Å². The molecule has 11 nitrogen and oxygen atoms in total. The highest BCUT2D eigenvalue weighted by Gasteiger charge is 2.18. The molecule has 0 unspecified atom stereocenters. The zero-order chi connectivity index (χ0) is 29.6. The largest absolute Gasteiger partial charge is 0.335 e. The van der Waals surface area contributed by atoms with Crippen LogP contribution < -0.4 is 4.72 Å². The molecule has 0 radical (unpaired) electrons.